The number of nitrogens with zero attached hydrogens (tertiary/aromatic N) is 1. The first kappa shape index (κ1) is 24.9. The molecule has 0 radical (unpaired) electrons. The SMILES string of the molecule is CCN(CC)C(CNC(=O)c1ccccc1OCC(=O)Nc1ccccc1F)c1ccccc1. The Labute approximate surface area is 199 Å². The highest BCUT2D eigenvalue weighted by Gasteiger charge is 2.20. The van der Waals surface area contributed by atoms with Crippen LogP contribution in [0.4, 0.5) is 10.1 Å². The molecule has 0 spiro atoms. The number of ether oxygens (including phenoxy) is 1. The normalized spacial score (nSPS) is 11.6. The topological polar surface area (TPSA) is 70.7 Å². The molecule has 34 heavy (non-hydrogen) atoms. The molecule has 0 saturated carbocycles. The van der Waals surface area contributed by atoms with E-state index in [9.17, 15) is 14.0 Å². The van der Waals surface area contributed by atoms with Crippen LogP contribution >= 0.6 is 0 Å². The van der Waals surface area contributed by atoms with Gasteiger partial charge in [0, 0.05) is 6.54 Å². The number of hydrogen-bond donors (Lipinski definition) is 2. The van der Waals surface area contributed by atoms with Gasteiger partial charge in [0.2, 0.25) is 0 Å². The lowest BCUT2D eigenvalue weighted by molar-refractivity contribution is -0.118. The third kappa shape index (κ3) is 6.65. The predicted octanol–water partition coefficient (Wildman–Crippen LogP) is 4.66. The van der Waals surface area contributed by atoms with Crippen molar-refractivity contribution in [3.05, 3.63) is 95.8 Å². The van der Waals surface area contributed by atoms with Gasteiger partial charge in [-0.15, -0.1) is 0 Å². The van der Waals surface area contributed by atoms with Crippen LogP contribution in [0, 0.1) is 5.82 Å². The van der Waals surface area contributed by atoms with Crippen LogP contribution in [0.25, 0.3) is 0 Å². The minimum Gasteiger partial charge on any atom is -0.483 e. The number of amides is 2. The van der Waals surface area contributed by atoms with Gasteiger partial charge in [-0.2, -0.15) is 0 Å². The summed E-state index contributed by atoms with van der Waals surface area (Å²) < 4.78 is 19.4. The summed E-state index contributed by atoms with van der Waals surface area (Å²) in [5.41, 5.74) is 1.53. The second-order valence-electron chi connectivity index (χ2n) is 7.67. The Balaban J connectivity index is 1.65. The van der Waals surface area contributed by atoms with Gasteiger partial charge in [0.15, 0.2) is 6.61 Å². The second-order valence-corrected chi connectivity index (χ2v) is 7.67. The lowest BCUT2D eigenvalue weighted by Crippen LogP contribution is -2.38. The van der Waals surface area contributed by atoms with Gasteiger partial charge in [0.05, 0.1) is 17.3 Å². The van der Waals surface area contributed by atoms with Crippen molar-refractivity contribution in [1.29, 1.82) is 0 Å². The third-order valence-corrected chi connectivity index (χ3v) is 5.53. The largest absolute Gasteiger partial charge is 0.483 e. The molecule has 0 aliphatic rings. The van der Waals surface area contributed by atoms with E-state index in [0.717, 1.165) is 18.7 Å². The van der Waals surface area contributed by atoms with E-state index in [0.29, 0.717) is 12.1 Å². The Kier molecular flexibility index (Phi) is 9.17. The zero-order valence-electron chi connectivity index (χ0n) is 19.5. The molecule has 6 nitrogen and oxygen atoms in total. The van der Waals surface area contributed by atoms with E-state index in [-0.39, 0.29) is 30.0 Å². The third-order valence-electron chi connectivity index (χ3n) is 5.53. The van der Waals surface area contributed by atoms with E-state index >= 15 is 0 Å². The van der Waals surface area contributed by atoms with Gasteiger partial charge in [-0.25, -0.2) is 4.39 Å². The highest BCUT2D eigenvalue weighted by atomic mass is 19.1. The zero-order chi connectivity index (χ0) is 24.3. The number of likely N-dealkylation sites (N-methyl/N-ethyl adjacent to an activating group) is 1. The molecule has 0 aliphatic carbocycles. The van der Waals surface area contributed by atoms with Crippen LogP contribution < -0.4 is 15.4 Å². The van der Waals surface area contributed by atoms with Crippen molar-refractivity contribution in [2.45, 2.75) is 19.9 Å². The van der Waals surface area contributed by atoms with Crippen LogP contribution in [-0.2, 0) is 4.79 Å². The summed E-state index contributed by atoms with van der Waals surface area (Å²) >= 11 is 0. The lowest BCUT2D eigenvalue weighted by Gasteiger charge is -2.30. The average Bonchev–Trinajstić information content (AvgIpc) is 2.87. The van der Waals surface area contributed by atoms with E-state index in [4.69, 9.17) is 4.74 Å². The molecule has 3 aromatic rings. The number of halogens is 1. The molecule has 0 heterocycles. The summed E-state index contributed by atoms with van der Waals surface area (Å²) in [5, 5.41) is 5.48. The summed E-state index contributed by atoms with van der Waals surface area (Å²) in [4.78, 5) is 27.5. The highest BCUT2D eigenvalue weighted by Crippen LogP contribution is 2.22. The summed E-state index contributed by atoms with van der Waals surface area (Å²) in [7, 11) is 0. The molecule has 3 rings (SSSR count). The smallest absolute Gasteiger partial charge is 0.262 e. The van der Waals surface area contributed by atoms with Gasteiger partial charge in [-0.1, -0.05) is 68.4 Å². The van der Waals surface area contributed by atoms with Crippen molar-refractivity contribution < 1.29 is 18.7 Å². The van der Waals surface area contributed by atoms with Crippen molar-refractivity contribution in [3.63, 3.8) is 0 Å². The standard InChI is InChI=1S/C27H30FN3O3/c1-3-31(4-2)24(20-12-6-5-7-13-20)18-29-27(33)21-14-8-11-17-25(21)34-19-26(32)30-23-16-10-9-15-22(23)28/h5-17,24H,3-4,18-19H2,1-2H3,(H,29,33)(H,30,32). The molecule has 0 fully saturated rings. The summed E-state index contributed by atoms with van der Waals surface area (Å²) in [5.74, 6) is -1.07. The van der Waals surface area contributed by atoms with E-state index in [1.165, 1.54) is 12.1 Å². The van der Waals surface area contributed by atoms with E-state index in [1.807, 2.05) is 18.2 Å². The Morgan fingerprint density at radius 3 is 2.26 bits per heavy atom. The predicted molar refractivity (Wildman–Crippen MR) is 131 cm³/mol. The monoisotopic (exact) mass is 463 g/mol. The van der Waals surface area contributed by atoms with Gasteiger partial charge < -0.3 is 15.4 Å². The first-order valence-corrected chi connectivity index (χ1v) is 11.4. The highest BCUT2D eigenvalue weighted by molar-refractivity contribution is 5.97. The van der Waals surface area contributed by atoms with Gasteiger partial charge in [-0.05, 0) is 42.9 Å². The van der Waals surface area contributed by atoms with Crippen LogP contribution in [0.15, 0.2) is 78.9 Å². The van der Waals surface area contributed by atoms with Gasteiger partial charge in [-0.3, -0.25) is 14.5 Å². The molecule has 2 amide bonds. The number of para-hydroxylation sites is 2. The number of rotatable bonds is 11. The molecule has 0 aromatic heterocycles. The Bertz CT molecular complexity index is 1090. The van der Waals surface area contributed by atoms with Crippen molar-refractivity contribution >= 4 is 17.5 Å². The maximum Gasteiger partial charge on any atom is 0.262 e. The van der Waals surface area contributed by atoms with Crippen molar-refractivity contribution in [2.75, 3.05) is 31.6 Å². The van der Waals surface area contributed by atoms with E-state index in [1.54, 1.807) is 36.4 Å². The summed E-state index contributed by atoms with van der Waals surface area (Å²) in [6.45, 7) is 5.95. The van der Waals surface area contributed by atoms with Crippen LogP contribution in [-0.4, -0.2) is 43.0 Å². The fourth-order valence-corrected chi connectivity index (χ4v) is 3.75. The van der Waals surface area contributed by atoms with E-state index < -0.39 is 11.7 Å². The van der Waals surface area contributed by atoms with Crippen molar-refractivity contribution in [3.8, 4) is 5.75 Å². The number of nitrogens with one attached hydrogen (secondary N) is 2. The number of benzene rings is 3. The molecular formula is C27H30FN3O3. The Hall–Kier alpha value is -3.71. The molecular weight excluding hydrogens is 433 g/mol. The van der Waals surface area contributed by atoms with Gasteiger partial charge in [0.25, 0.3) is 11.8 Å². The van der Waals surface area contributed by atoms with Gasteiger partial charge >= 0.3 is 0 Å². The molecule has 0 aliphatic heterocycles. The second kappa shape index (κ2) is 12.5. The molecule has 1 atom stereocenters. The summed E-state index contributed by atoms with van der Waals surface area (Å²) in [6, 6.07) is 22.7. The van der Waals surface area contributed by atoms with Crippen molar-refractivity contribution in [2.24, 2.45) is 0 Å². The fourth-order valence-electron chi connectivity index (χ4n) is 3.75. The molecule has 0 saturated heterocycles. The van der Waals surface area contributed by atoms with Crippen LogP contribution in [0.2, 0.25) is 0 Å². The molecule has 7 heteroatoms. The first-order valence-electron chi connectivity index (χ1n) is 11.4. The van der Waals surface area contributed by atoms with Crippen molar-refractivity contribution in [1.82, 2.24) is 10.2 Å². The zero-order valence-corrected chi connectivity index (χ0v) is 19.5. The first-order chi connectivity index (χ1) is 16.5. The van der Waals surface area contributed by atoms with Crippen LogP contribution in [0.1, 0.15) is 35.8 Å². The molecule has 1 unspecified atom stereocenters. The van der Waals surface area contributed by atoms with Crippen LogP contribution in [0.3, 0.4) is 0 Å². The number of anilines is 1. The number of hydrogen-bond acceptors (Lipinski definition) is 4. The minimum atomic E-state index is -0.531. The van der Waals surface area contributed by atoms with Crippen LogP contribution in [0.5, 0.6) is 5.75 Å². The average molecular weight is 464 g/mol. The number of carbonyl (C=O) groups is 2. The maximum absolute atomic E-state index is 13.8. The minimum absolute atomic E-state index is 0.0276. The maximum atomic E-state index is 13.8. The lowest BCUT2D eigenvalue weighted by atomic mass is 10.0. The fraction of sp³-hybridized carbons (Fsp3) is 0.259. The molecule has 0 bridgehead atoms. The molecule has 3 aromatic carbocycles. The Morgan fingerprint density at radius 1 is 0.912 bits per heavy atom. The molecule has 2 N–H and O–H groups in total. The molecule has 178 valence electrons. The quantitative estimate of drug-likeness (QED) is 0.434. The van der Waals surface area contributed by atoms with Gasteiger partial charge in [0.1, 0.15) is 11.6 Å². The number of carbonyl (C=O) groups excluding carboxylic acids is 2. The Morgan fingerprint density at radius 2 is 1.56 bits per heavy atom. The summed E-state index contributed by atoms with van der Waals surface area (Å²) in [6.07, 6.45) is 0. The van der Waals surface area contributed by atoms with E-state index in [2.05, 4.69) is 41.5 Å².